The molecule has 1 N–H and O–H groups in total. The van der Waals surface area contributed by atoms with Gasteiger partial charge < -0.3 is 19.3 Å². The molecule has 0 bridgehead atoms. The lowest BCUT2D eigenvalue weighted by atomic mass is 10.0. The van der Waals surface area contributed by atoms with Gasteiger partial charge in [0.25, 0.3) is 5.56 Å². The van der Waals surface area contributed by atoms with Crippen LogP contribution >= 0.6 is 0 Å². The number of nitrogens with zero attached hydrogens (tertiary/aromatic N) is 3. The van der Waals surface area contributed by atoms with Crippen molar-refractivity contribution in [3.63, 3.8) is 0 Å². The molecule has 2 unspecified atom stereocenters. The minimum atomic E-state index is -0.932. The average Bonchev–Trinajstić information content (AvgIpc) is 2.69. The van der Waals surface area contributed by atoms with E-state index in [4.69, 9.17) is 9.84 Å². The van der Waals surface area contributed by atoms with Crippen molar-refractivity contribution in [3.8, 4) is 5.75 Å². The molecule has 1 aromatic carbocycles. The van der Waals surface area contributed by atoms with Crippen molar-refractivity contribution in [1.29, 1.82) is 0 Å². The smallest absolute Gasteiger partial charge is 0.407 e. The summed E-state index contributed by atoms with van der Waals surface area (Å²) in [4.78, 5) is 29.4. The predicted molar refractivity (Wildman–Crippen MR) is 114 cm³/mol. The number of fused-ring (bicyclic) bond motifs is 3. The SMILES string of the molecule is Cc1nccc2c1c(=O)n(C)c1cc(OCC(C)CC(C)N(C)C(=O)O)ccc21. The van der Waals surface area contributed by atoms with Gasteiger partial charge in [-0.2, -0.15) is 0 Å². The molecule has 0 fully saturated rings. The highest BCUT2D eigenvalue weighted by molar-refractivity contribution is 6.06. The number of amides is 1. The van der Waals surface area contributed by atoms with E-state index in [1.165, 1.54) is 4.90 Å². The molecule has 2 aromatic heterocycles. The van der Waals surface area contributed by atoms with E-state index in [1.54, 1.807) is 24.9 Å². The standard InChI is InChI=1S/C22H27N3O4/c1-13(10-14(2)24(4)22(27)28)12-29-16-6-7-17-18-8-9-23-15(3)20(18)21(26)25(5)19(17)11-16/h6-9,11,13-14H,10,12H2,1-5H3,(H,27,28). The van der Waals surface area contributed by atoms with Crippen LogP contribution in [0.15, 0.2) is 35.3 Å². The molecule has 0 aliphatic rings. The Hall–Kier alpha value is -3.09. The number of hydrogen-bond acceptors (Lipinski definition) is 4. The van der Waals surface area contributed by atoms with Gasteiger partial charge in [-0.05, 0) is 49.8 Å². The molecule has 1 amide bonds. The van der Waals surface area contributed by atoms with E-state index >= 15 is 0 Å². The van der Waals surface area contributed by atoms with Crippen LogP contribution in [0.5, 0.6) is 5.75 Å². The second-order valence-corrected chi connectivity index (χ2v) is 7.76. The first-order valence-corrected chi connectivity index (χ1v) is 9.67. The van der Waals surface area contributed by atoms with E-state index < -0.39 is 6.09 Å². The van der Waals surface area contributed by atoms with Crippen LogP contribution in [0.4, 0.5) is 4.79 Å². The van der Waals surface area contributed by atoms with Crippen LogP contribution in [0.1, 0.15) is 26.0 Å². The van der Waals surface area contributed by atoms with Crippen LogP contribution in [-0.4, -0.2) is 45.3 Å². The Kier molecular flexibility index (Phi) is 5.77. The van der Waals surface area contributed by atoms with Crippen molar-refractivity contribution in [1.82, 2.24) is 14.5 Å². The van der Waals surface area contributed by atoms with Crippen LogP contribution in [0, 0.1) is 12.8 Å². The molecule has 0 spiro atoms. The first-order chi connectivity index (χ1) is 13.7. The fraction of sp³-hybridized carbons (Fsp3) is 0.409. The molecule has 154 valence electrons. The van der Waals surface area contributed by atoms with Crippen molar-refractivity contribution < 1.29 is 14.6 Å². The van der Waals surface area contributed by atoms with E-state index in [-0.39, 0.29) is 17.5 Å². The molecular formula is C22H27N3O4. The number of carbonyl (C=O) groups is 1. The quantitative estimate of drug-likeness (QED) is 0.640. The number of aryl methyl sites for hydroxylation is 2. The van der Waals surface area contributed by atoms with Gasteiger partial charge in [0, 0.05) is 37.8 Å². The van der Waals surface area contributed by atoms with E-state index in [9.17, 15) is 9.59 Å². The molecule has 0 saturated carbocycles. The third kappa shape index (κ3) is 4.04. The average molecular weight is 397 g/mol. The Morgan fingerprint density at radius 2 is 2.00 bits per heavy atom. The van der Waals surface area contributed by atoms with Crippen LogP contribution in [0.25, 0.3) is 21.7 Å². The van der Waals surface area contributed by atoms with Crippen LogP contribution in [0.3, 0.4) is 0 Å². The molecule has 0 saturated heterocycles. The fourth-order valence-corrected chi connectivity index (χ4v) is 3.68. The summed E-state index contributed by atoms with van der Waals surface area (Å²) in [7, 11) is 3.33. The Morgan fingerprint density at radius 3 is 2.69 bits per heavy atom. The molecule has 2 heterocycles. The van der Waals surface area contributed by atoms with Crippen molar-refractivity contribution in [3.05, 3.63) is 46.5 Å². The molecule has 0 aliphatic heterocycles. The number of carboxylic acid groups (broad SMARTS) is 1. The number of aromatic nitrogens is 2. The maximum absolute atomic E-state index is 12.8. The lowest BCUT2D eigenvalue weighted by Gasteiger charge is -2.24. The van der Waals surface area contributed by atoms with Gasteiger partial charge in [-0.1, -0.05) is 6.92 Å². The number of ether oxygens (including phenoxy) is 1. The summed E-state index contributed by atoms with van der Waals surface area (Å²) < 4.78 is 7.59. The predicted octanol–water partition coefficient (Wildman–Crippen LogP) is 3.80. The summed E-state index contributed by atoms with van der Waals surface area (Å²) in [6.45, 7) is 6.23. The normalized spacial score (nSPS) is 13.4. The maximum atomic E-state index is 12.8. The van der Waals surface area contributed by atoms with Crippen molar-refractivity contribution in [2.24, 2.45) is 13.0 Å². The van der Waals surface area contributed by atoms with Crippen molar-refractivity contribution in [2.75, 3.05) is 13.7 Å². The Bertz CT molecular complexity index is 1120. The zero-order valence-corrected chi connectivity index (χ0v) is 17.5. The molecule has 7 nitrogen and oxygen atoms in total. The monoisotopic (exact) mass is 397 g/mol. The number of rotatable bonds is 6. The summed E-state index contributed by atoms with van der Waals surface area (Å²) in [6, 6.07) is 7.53. The van der Waals surface area contributed by atoms with Gasteiger partial charge in [0.15, 0.2) is 0 Å². The van der Waals surface area contributed by atoms with Gasteiger partial charge in [0.05, 0.1) is 23.2 Å². The lowest BCUT2D eigenvalue weighted by Crippen LogP contribution is -2.35. The Morgan fingerprint density at radius 1 is 1.28 bits per heavy atom. The van der Waals surface area contributed by atoms with Gasteiger partial charge in [-0.15, -0.1) is 0 Å². The lowest BCUT2D eigenvalue weighted by molar-refractivity contribution is 0.131. The zero-order valence-electron chi connectivity index (χ0n) is 17.5. The Labute approximate surface area is 169 Å². The summed E-state index contributed by atoms with van der Waals surface area (Å²) in [5, 5.41) is 11.6. The maximum Gasteiger partial charge on any atom is 0.407 e. The van der Waals surface area contributed by atoms with Crippen LogP contribution in [0.2, 0.25) is 0 Å². The molecule has 7 heteroatoms. The molecular weight excluding hydrogens is 370 g/mol. The van der Waals surface area contributed by atoms with Crippen molar-refractivity contribution in [2.45, 2.75) is 33.2 Å². The van der Waals surface area contributed by atoms with Crippen LogP contribution < -0.4 is 10.3 Å². The minimum Gasteiger partial charge on any atom is -0.493 e. The first kappa shape index (κ1) is 20.6. The highest BCUT2D eigenvalue weighted by Gasteiger charge is 2.18. The van der Waals surface area contributed by atoms with E-state index in [2.05, 4.69) is 4.98 Å². The summed E-state index contributed by atoms with van der Waals surface area (Å²) in [6.07, 6.45) is 1.49. The second kappa shape index (κ2) is 8.11. The molecule has 29 heavy (non-hydrogen) atoms. The van der Waals surface area contributed by atoms with Crippen molar-refractivity contribution >= 4 is 27.8 Å². The zero-order chi connectivity index (χ0) is 21.3. The number of hydrogen-bond donors (Lipinski definition) is 1. The second-order valence-electron chi connectivity index (χ2n) is 7.76. The highest BCUT2D eigenvalue weighted by atomic mass is 16.5. The summed E-state index contributed by atoms with van der Waals surface area (Å²) >= 11 is 0. The van der Waals surface area contributed by atoms with Gasteiger partial charge in [-0.3, -0.25) is 9.78 Å². The Balaban J connectivity index is 1.83. The van der Waals surface area contributed by atoms with Crippen LogP contribution in [-0.2, 0) is 7.05 Å². The third-order valence-electron chi connectivity index (χ3n) is 5.52. The molecule has 3 aromatic rings. The van der Waals surface area contributed by atoms with Gasteiger partial charge in [0.2, 0.25) is 0 Å². The number of pyridine rings is 2. The summed E-state index contributed by atoms with van der Waals surface area (Å²) in [5.41, 5.74) is 1.45. The van der Waals surface area contributed by atoms with E-state index in [0.717, 1.165) is 22.0 Å². The molecule has 3 rings (SSSR count). The third-order valence-corrected chi connectivity index (χ3v) is 5.52. The van der Waals surface area contributed by atoms with Gasteiger partial charge >= 0.3 is 6.09 Å². The molecule has 0 radical (unpaired) electrons. The van der Waals surface area contributed by atoms with Gasteiger partial charge in [-0.25, -0.2) is 4.79 Å². The molecule has 2 atom stereocenters. The highest BCUT2D eigenvalue weighted by Crippen LogP contribution is 2.27. The minimum absolute atomic E-state index is 0.0749. The number of benzene rings is 1. The largest absolute Gasteiger partial charge is 0.493 e. The summed E-state index contributed by atoms with van der Waals surface area (Å²) in [5.74, 6) is 0.861. The fourth-order valence-electron chi connectivity index (χ4n) is 3.68. The molecule has 0 aliphatic carbocycles. The van der Waals surface area contributed by atoms with Gasteiger partial charge in [0.1, 0.15) is 5.75 Å². The topological polar surface area (TPSA) is 84.7 Å². The first-order valence-electron chi connectivity index (χ1n) is 9.67. The van der Waals surface area contributed by atoms with E-state index in [0.29, 0.717) is 24.2 Å². The van der Waals surface area contributed by atoms with E-state index in [1.807, 2.05) is 45.0 Å².